The maximum absolute atomic E-state index is 12.4. The number of hydrogen-bond acceptors (Lipinski definition) is 6. The fourth-order valence-electron chi connectivity index (χ4n) is 2.74. The average Bonchev–Trinajstić information content (AvgIpc) is 3.10. The van der Waals surface area contributed by atoms with Crippen molar-refractivity contribution in [2.45, 2.75) is 31.1 Å². The van der Waals surface area contributed by atoms with Crippen LogP contribution in [0.15, 0.2) is 47.4 Å². The number of carbonyl (C=O) groups excluding carboxylic acids is 1. The van der Waals surface area contributed by atoms with E-state index in [-0.39, 0.29) is 23.8 Å². The lowest BCUT2D eigenvalue weighted by atomic mass is 10.0. The van der Waals surface area contributed by atoms with Crippen LogP contribution >= 0.6 is 11.3 Å². The van der Waals surface area contributed by atoms with E-state index in [9.17, 15) is 13.2 Å². The predicted molar refractivity (Wildman–Crippen MR) is 115 cm³/mol. The van der Waals surface area contributed by atoms with Crippen molar-refractivity contribution in [2.24, 2.45) is 0 Å². The molecule has 1 amide bonds. The van der Waals surface area contributed by atoms with Crippen molar-refractivity contribution >= 4 is 42.6 Å². The van der Waals surface area contributed by atoms with E-state index in [0.29, 0.717) is 22.3 Å². The first kappa shape index (κ1) is 21.2. The largest absolute Gasteiger partial charge is 0.494 e. The first-order valence-corrected chi connectivity index (χ1v) is 11.4. The number of rotatable bonds is 8. The van der Waals surface area contributed by atoms with Crippen molar-refractivity contribution in [3.8, 4) is 5.75 Å². The fourth-order valence-corrected chi connectivity index (χ4v) is 4.67. The number of nitrogens with zero attached hydrogens (tertiary/aromatic N) is 1. The smallest absolute Gasteiger partial charge is 0.240 e. The normalized spacial score (nSPS) is 11.7. The van der Waals surface area contributed by atoms with Gasteiger partial charge in [0.25, 0.3) is 0 Å². The molecule has 0 aliphatic heterocycles. The number of thiazole rings is 1. The van der Waals surface area contributed by atoms with Gasteiger partial charge in [-0.25, -0.2) is 18.1 Å². The molecule has 0 saturated carbocycles. The summed E-state index contributed by atoms with van der Waals surface area (Å²) >= 11 is 1.33. The van der Waals surface area contributed by atoms with Gasteiger partial charge in [-0.1, -0.05) is 43.4 Å². The van der Waals surface area contributed by atoms with Crippen molar-refractivity contribution < 1.29 is 17.9 Å². The second-order valence-corrected chi connectivity index (χ2v) is 9.54. The van der Waals surface area contributed by atoms with Crippen LogP contribution in [0.4, 0.5) is 5.13 Å². The highest BCUT2D eigenvalue weighted by Gasteiger charge is 2.15. The first-order valence-electron chi connectivity index (χ1n) is 9.13. The van der Waals surface area contributed by atoms with Gasteiger partial charge in [0.1, 0.15) is 11.3 Å². The second-order valence-electron chi connectivity index (χ2n) is 6.75. The number of fused-ring (bicyclic) bond motifs is 1. The average molecular weight is 434 g/mol. The molecule has 0 spiro atoms. The van der Waals surface area contributed by atoms with Gasteiger partial charge in [0.2, 0.25) is 15.9 Å². The number of aromatic nitrogens is 1. The number of hydrogen-bond donors (Lipinski definition) is 2. The standard InChI is InChI=1S/C20H23N3O4S2/c1-13(2)14-7-9-15(10-8-14)29(25,26)21-12-11-18(24)22-20-23-19-16(27-3)5-4-6-17(19)28-20/h4-10,13,21H,11-12H2,1-3H3,(H,22,23,24). The Kier molecular flexibility index (Phi) is 6.51. The van der Waals surface area contributed by atoms with E-state index in [1.165, 1.54) is 11.3 Å². The zero-order chi connectivity index (χ0) is 21.0. The summed E-state index contributed by atoms with van der Waals surface area (Å²) in [5.74, 6) is 0.641. The Labute approximate surface area is 174 Å². The third-order valence-electron chi connectivity index (χ3n) is 4.35. The Balaban J connectivity index is 1.56. The van der Waals surface area contributed by atoms with E-state index in [1.807, 2.05) is 26.0 Å². The fraction of sp³-hybridized carbons (Fsp3) is 0.300. The highest BCUT2D eigenvalue weighted by Crippen LogP contribution is 2.32. The summed E-state index contributed by atoms with van der Waals surface area (Å²) in [5, 5.41) is 3.15. The molecule has 7 nitrogen and oxygen atoms in total. The van der Waals surface area contributed by atoms with Gasteiger partial charge in [-0.15, -0.1) is 0 Å². The molecule has 0 atom stereocenters. The molecule has 29 heavy (non-hydrogen) atoms. The molecule has 3 rings (SSSR count). The molecule has 0 bridgehead atoms. The molecular weight excluding hydrogens is 410 g/mol. The molecule has 1 aromatic heterocycles. The van der Waals surface area contributed by atoms with Crippen LogP contribution < -0.4 is 14.8 Å². The van der Waals surface area contributed by atoms with Crippen molar-refractivity contribution in [2.75, 3.05) is 19.0 Å². The number of nitrogens with one attached hydrogen (secondary N) is 2. The van der Waals surface area contributed by atoms with E-state index in [1.54, 1.807) is 37.4 Å². The zero-order valence-electron chi connectivity index (χ0n) is 16.4. The summed E-state index contributed by atoms with van der Waals surface area (Å²) in [6.45, 7) is 4.08. The summed E-state index contributed by atoms with van der Waals surface area (Å²) in [5.41, 5.74) is 1.75. The number of amides is 1. The summed E-state index contributed by atoms with van der Waals surface area (Å²) in [6, 6.07) is 12.3. The minimum absolute atomic E-state index is 0.00360. The molecular formula is C20H23N3O4S2. The van der Waals surface area contributed by atoms with Gasteiger partial charge in [0.15, 0.2) is 5.13 Å². The molecule has 0 fully saturated rings. The molecule has 0 unspecified atom stereocenters. The summed E-state index contributed by atoms with van der Waals surface area (Å²) in [4.78, 5) is 16.7. The molecule has 0 saturated heterocycles. The minimum atomic E-state index is -3.66. The van der Waals surface area contributed by atoms with Crippen LogP contribution in [0.5, 0.6) is 5.75 Å². The molecule has 2 N–H and O–H groups in total. The second kappa shape index (κ2) is 8.89. The van der Waals surface area contributed by atoms with E-state index in [2.05, 4.69) is 15.0 Å². The SMILES string of the molecule is COc1cccc2sc(NC(=O)CCNS(=O)(=O)c3ccc(C(C)C)cc3)nc12. The molecule has 0 radical (unpaired) electrons. The Hall–Kier alpha value is -2.49. The lowest BCUT2D eigenvalue weighted by Gasteiger charge is -2.09. The van der Waals surface area contributed by atoms with E-state index in [4.69, 9.17) is 4.74 Å². The number of carbonyl (C=O) groups is 1. The van der Waals surface area contributed by atoms with Crippen molar-refractivity contribution in [3.05, 3.63) is 48.0 Å². The Bertz CT molecular complexity index is 1110. The molecule has 0 aliphatic carbocycles. The van der Waals surface area contributed by atoms with Gasteiger partial charge >= 0.3 is 0 Å². The number of benzene rings is 2. The van der Waals surface area contributed by atoms with Crippen molar-refractivity contribution in [1.82, 2.24) is 9.71 Å². The first-order chi connectivity index (χ1) is 13.8. The van der Waals surface area contributed by atoms with Crippen molar-refractivity contribution in [3.63, 3.8) is 0 Å². The van der Waals surface area contributed by atoms with Gasteiger partial charge in [-0.05, 0) is 35.7 Å². The Morgan fingerprint density at radius 2 is 1.90 bits per heavy atom. The monoisotopic (exact) mass is 433 g/mol. The Morgan fingerprint density at radius 3 is 2.55 bits per heavy atom. The van der Waals surface area contributed by atoms with Gasteiger partial charge < -0.3 is 10.1 Å². The quantitative estimate of drug-likeness (QED) is 0.564. The third-order valence-corrected chi connectivity index (χ3v) is 6.76. The minimum Gasteiger partial charge on any atom is -0.494 e. The highest BCUT2D eigenvalue weighted by molar-refractivity contribution is 7.89. The van der Waals surface area contributed by atoms with Gasteiger partial charge in [0.05, 0.1) is 16.7 Å². The molecule has 1 heterocycles. The maximum atomic E-state index is 12.4. The van der Waals surface area contributed by atoms with Crippen LogP contribution in [-0.2, 0) is 14.8 Å². The lowest BCUT2D eigenvalue weighted by molar-refractivity contribution is -0.116. The lowest BCUT2D eigenvalue weighted by Crippen LogP contribution is -2.27. The van der Waals surface area contributed by atoms with Crippen LogP contribution in [0, 0.1) is 0 Å². The van der Waals surface area contributed by atoms with Gasteiger partial charge in [-0.3, -0.25) is 4.79 Å². The maximum Gasteiger partial charge on any atom is 0.240 e. The van der Waals surface area contributed by atoms with E-state index >= 15 is 0 Å². The summed E-state index contributed by atoms with van der Waals surface area (Å²) in [7, 11) is -2.10. The van der Waals surface area contributed by atoms with Crippen LogP contribution in [0.2, 0.25) is 0 Å². The van der Waals surface area contributed by atoms with Gasteiger partial charge in [0, 0.05) is 13.0 Å². The van der Waals surface area contributed by atoms with Crippen LogP contribution in [0.1, 0.15) is 31.7 Å². The van der Waals surface area contributed by atoms with E-state index in [0.717, 1.165) is 10.3 Å². The van der Waals surface area contributed by atoms with Crippen molar-refractivity contribution in [1.29, 1.82) is 0 Å². The molecule has 3 aromatic rings. The summed E-state index contributed by atoms with van der Waals surface area (Å²) < 4.78 is 33.4. The van der Waals surface area contributed by atoms with Crippen LogP contribution in [-0.4, -0.2) is 33.0 Å². The third kappa shape index (κ3) is 5.11. The molecule has 154 valence electrons. The topological polar surface area (TPSA) is 97.4 Å². The molecule has 9 heteroatoms. The van der Waals surface area contributed by atoms with Gasteiger partial charge in [-0.2, -0.15) is 0 Å². The highest BCUT2D eigenvalue weighted by atomic mass is 32.2. The number of methoxy groups -OCH3 is 1. The number of ether oxygens (including phenoxy) is 1. The number of anilines is 1. The van der Waals surface area contributed by atoms with E-state index < -0.39 is 10.0 Å². The summed E-state index contributed by atoms with van der Waals surface area (Å²) in [6.07, 6.45) is -0.00360. The number of para-hydroxylation sites is 1. The Morgan fingerprint density at radius 1 is 1.17 bits per heavy atom. The zero-order valence-corrected chi connectivity index (χ0v) is 18.1. The van der Waals surface area contributed by atoms with Crippen LogP contribution in [0.25, 0.3) is 10.2 Å². The van der Waals surface area contributed by atoms with Crippen LogP contribution in [0.3, 0.4) is 0 Å². The molecule has 2 aromatic carbocycles. The predicted octanol–water partition coefficient (Wildman–Crippen LogP) is 3.74. The number of sulfonamides is 1. The molecule has 0 aliphatic rings.